The Labute approximate surface area is 130 Å². The van der Waals surface area contributed by atoms with E-state index in [1.54, 1.807) is 18.2 Å². The van der Waals surface area contributed by atoms with E-state index in [0.717, 1.165) is 6.42 Å². The molecule has 22 heavy (non-hydrogen) atoms. The van der Waals surface area contributed by atoms with Gasteiger partial charge in [0.05, 0.1) is 5.92 Å². The molecule has 4 nitrogen and oxygen atoms in total. The summed E-state index contributed by atoms with van der Waals surface area (Å²) in [5.41, 5.74) is -0.497. The number of carbonyl (C=O) groups excluding carboxylic acids is 2. The molecular weight excluding hydrogens is 278 g/mol. The molecule has 0 bridgehead atoms. The fourth-order valence-electron chi connectivity index (χ4n) is 3.81. The van der Waals surface area contributed by atoms with E-state index in [2.05, 4.69) is 26.1 Å². The van der Waals surface area contributed by atoms with Gasteiger partial charge in [-0.15, -0.1) is 0 Å². The quantitative estimate of drug-likeness (QED) is 0.838. The third-order valence-electron chi connectivity index (χ3n) is 5.30. The van der Waals surface area contributed by atoms with E-state index >= 15 is 0 Å². The average Bonchev–Trinajstić information content (AvgIpc) is 2.70. The lowest BCUT2D eigenvalue weighted by Gasteiger charge is -2.40. The Hall–Kier alpha value is -1.68. The van der Waals surface area contributed by atoms with Gasteiger partial charge in [0.2, 0.25) is 0 Å². The number of hydrogen-bond acceptors (Lipinski definition) is 3. The normalized spacial score (nSPS) is 31.8. The van der Waals surface area contributed by atoms with Gasteiger partial charge in [-0.1, -0.05) is 39.0 Å². The first kappa shape index (κ1) is 15.2. The van der Waals surface area contributed by atoms with Gasteiger partial charge in [0.25, 0.3) is 5.91 Å². The van der Waals surface area contributed by atoms with Crippen LogP contribution < -0.4 is 5.32 Å². The van der Waals surface area contributed by atoms with Crippen LogP contribution in [0.5, 0.6) is 0 Å². The Balaban J connectivity index is 1.92. The van der Waals surface area contributed by atoms with Crippen LogP contribution in [0.1, 0.15) is 45.6 Å². The number of anilines is 1. The van der Waals surface area contributed by atoms with Crippen LogP contribution in [0.3, 0.4) is 0 Å². The first-order valence-corrected chi connectivity index (χ1v) is 7.90. The molecule has 1 amide bonds. The molecule has 1 aromatic rings. The number of para-hydroxylation sites is 1. The van der Waals surface area contributed by atoms with Crippen molar-refractivity contribution in [2.24, 2.45) is 17.3 Å². The number of carbonyl (C=O) groups is 2. The Bertz CT molecular complexity index is 631. The predicted octanol–water partition coefficient (Wildman–Crippen LogP) is 2.86. The van der Waals surface area contributed by atoms with Gasteiger partial charge in [-0.3, -0.25) is 9.59 Å². The molecule has 1 heterocycles. The van der Waals surface area contributed by atoms with Crippen molar-refractivity contribution in [3.8, 4) is 0 Å². The second-order valence-electron chi connectivity index (χ2n) is 7.63. The molecule has 1 aliphatic heterocycles. The number of hydrogen-bond donors (Lipinski definition) is 2. The van der Waals surface area contributed by atoms with Crippen molar-refractivity contribution in [2.45, 2.75) is 45.6 Å². The number of fused-ring (bicyclic) bond motifs is 1. The van der Waals surface area contributed by atoms with Crippen LogP contribution in [-0.2, 0) is 15.2 Å². The van der Waals surface area contributed by atoms with Gasteiger partial charge < -0.3 is 10.4 Å². The maximum absolute atomic E-state index is 12.7. The van der Waals surface area contributed by atoms with E-state index in [1.807, 2.05) is 6.07 Å². The number of nitrogens with one attached hydrogen (secondary N) is 1. The number of Topliss-reactive ketones (excluding diaryl/α,β-unsaturated/α-hetero) is 1. The minimum atomic E-state index is -1.71. The maximum Gasteiger partial charge on any atom is 0.261 e. The molecule has 0 radical (unpaired) electrons. The Morgan fingerprint density at radius 1 is 1.18 bits per heavy atom. The summed E-state index contributed by atoms with van der Waals surface area (Å²) in [6, 6.07) is 7.09. The molecule has 1 aliphatic carbocycles. The van der Waals surface area contributed by atoms with Crippen LogP contribution in [0.2, 0.25) is 0 Å². The van der Waals surface area contributed by atoms with Crippen LogP contribution in [0.4, 0.5) is 5.69 Å². The van der Waals surface area contributed by atoms with E-state index in [1.165, 1.54) is 0 Å². The van der Waals surface area contributed by atoms with E-state index < -0.39 is 17.4 Å². The number of aliphatic hydroxyl groups is 1. The van der Waals surface area contributed by atoms with Crippen molar-refractivity contribution in [1.82, 2.24) is 0 Å². The topological polar surface area (TPSA) is 66.4 Å². The lowest BCUT2D eigenvalue weighted by Crippen LogP contribution is -2.48. The van der Waals surface area contributed by atoms with E-state index in [-0.39, 0.29) is 11.2 Å². The average molecular weight is 301 g/mol. The summed E-state index contributed by atoms with van der Waals surface area (Å²) in [6.07, 6.45) is 1.85. The predicted molar refractivity (Wildman–Crippen MR) is 84.3 cm³/mol. The highest BCUT2D eigenvalue weighted by Gasteiger charge is 2.55. The van der Waals surface area contributed by atoms with Crippen LogP contribution in [0.25, 0.3) is 0 Å². The number of amides is 1. The van der Waals surface area contributed by atoms with E-state index in [0.29, 0.717) is 30.0 Å². The third-order valence-corrected chi connectivity index (χ3v) is 5.30. The zero-order valence-electron chi connectivity index (χ0n) is 13.3. The molecule has 3 rings (SSSR count). The molecule has 0 saturated heterocycles. The molecule has 1 fully saturated rings. The van der Waals surface area contributed by atoms with Crippen molar-refractivity contribution >= 4 is 17.4 Å². The molecule has 1 aromatic carbocycles. The second-order valence-corrected chi connectivity index (χ2v) is 7.63. The minimum Gasteiger partial charge on any atom is -0.375 e. The smallest absolute Gasteiger partial charge is 0.261 e. The Morgan fingerprint density at radius 2 is 1.86 bits per heavy atom. The fraction of sp³-hybridized carbons (Fsp3) is 0.556. The molecule has 2 aliphatic rings. The SMILES string of the molecule is CC(C)(C)[C@H]1CC[C@@H]([C@]2(O)C(=O)Nc3ccccc32)C(=O)C1. The molecule has 0 unspecified atom stereocenters. The van der Waals surface area contributed by atoms with Gasteiger partial charge in [0.15, 0.2) is 5.60 Å². The monoisotopic (exact) mass is 301 g/mol. The van der Waals surface area contributed by atoms with Crippen molar-refractivity contribution in [3.63, 3.8) is 0 Å². The lowest BCUT2D eigenvalue weighted by molar-refractivity contribution is -0.152. The summed E-state index contributed by atoms with van der Waals surface area (Å²) in [7, 11) is 0. The standard InChI is InChI=1S/C18H23NO3/c1-17(2,3)11-8-9-13(15(20)10-11)18(22)12-6-4-5-7-14(12)19-16(18)21/h4-7,11,13,22H,8-10H2,1-3H3,(H,19,21)/t11-,13+,18-/m0/s1. The highest BCUT2D eigenvalue weighted by Crippen LogP contribution is 2.48. The second kappa shape index (κ2) is 4.92. The van der Waals surface area contributed by atoms with Crippen LogP contribution in [0.15, 0.2) is 24.3 Å². The third kappa shape index (κ3) is 2.17. The van der Waals surface area contributed by atoms with Crippen molar-refractivity contribution < 1.29 is 14.7 Å². The van der Waals surface area contributed by atoms with Gasteiger partial charge in [-0.05, 0) is 30.2 Å². The van der Waals surface area contributed by atoms with Crippen LogP contribution in [0, 0.1) is 17.3 Å². The highest BCUT2D eigenvalue weighted by molar-refractivity contribution is 6.08. The summed E-state index contributed by atoms with van der Waals surface area (Å²) in [4.78, 5) is 25.0. The molecule has 3 atom stereocenters. The first-order valence-electron chi connectivity index (χ1n) is 7.90. The summed E-state index contributed by atoms with van der Waals surface area (Å²) in [5.74, 6) is -0.809. The van der Waals surface area contributed by atoms with Gasteiger partial charge in [-0.2, -0.15) is 0 Å². The molecule has 0 aromatic heterocycles. The van der Waals surface area contributed by atoms with Crippen molar-refractivity contribution in [1.29, 1.82) is 0 Å². The van der Waals surface area contributed by atoms with Crippen LogP contribution >= 0.6 is 0 Å². The summed E-state index contributed by atoms with van der Waals surface area (Å²) in [6.45, 7) is 6.41. The Kier molecular flexibility index (Phi) is 3.40. The molecule has 1 saturated carbocycles. The number of ketones is 1. The number of benzene rings is 1. The lowest BCUT2D eigenvalue weighted by atomic mass is 9.65. The summed E-state index contributed by atoms with van der Waals surface area (Å²) in [5, 5.41) is 13.8. The Morgan fingerprint density at radius 3 is 2.50 bits per heavy atom. The van der Waals surface area contributed by atoms with Gasteiger partial charge >= 0.3 is 0 Å². The fourth-order valence-corrected chi connectivity index (χ4v) is 3.81. The minimum absolute atomic E-state index is 0.000489. The molecule has 0 spiro atoms. The van der Waals surface area contributed by atoms with Crippen LogP contribution in [-0.4, -0.2) is 16.8 Å². The largest absolute Gasteiger partial charge is 0.375 e. The maximum atomic E-state index is 12.7. The van der Waals surface area contributed by atoms with Crippen molar-refractivity contribution in [3.05, 3.63) is 29.8 Å². The zero-order valence-corrected chi connectivity index (χ0v) is 13.3. The molecule has 2 N–H and O–H groups in total. The van der Waals surface area contributed by atoms with Crippen molar-refractivity contribution in [2.75, 3.05) is 5.32 Å². The van der Waals surface area contributed by atoms with E-state index in [9.17, 15) is 14.7 Å². The highest BCUT2D eigenvalue weighted by atomic mass is 16.3. The number of rotatable bonds is 1. The molecule has 118 valence electrons. The van der Waals surface area contributed by atoms with Gasteiger partial charge in [0, 0.05) is 17.7 Å². The molecular formula is C18H23NO3. The van der Waals surface area contributed by atoms with Gasteiger partial charge in [0.1, 0.15) is 5.78 Å². The summed E-state index contributed by atoms with van der Waals surface area (Å²) >= 11 is 0. The zero-order chi connectivity index (χ0) is 16.1. The summed E-state index contributed by atoms with van der Waals surface area (Å²) < 4.78 is 0. The first-order chi connectivity index (χ1) is 10.2. The van der Waals surface area contributed by atoms with Gasteiger partial charge in [-0.25, -0.2) is 0 Å². The van der Waals surface area contributed by atoms with E-state index in [4.69, 9.17) is 0 Å². The molecule has 4 heteroatoms.